The molecule has 2 amide bonds. The Morgan fingerprint density at radius 3 is 2.33 bits per heavy atom. The summed E-state index contributed by atoms with van der Waals surface area (Å²) in [6.45, 7) is 6.95. The number of hydrogen-bond donors (Lipinski definition) is 2. The number of amides is 2. The van der Waals surface area contributed by atoms with Crippen LogP contribution in [0.1, 0.15) is 35.5 Å². The van der Waals surface area contributed by atoms with Gasteiger partial charge in [-0.2, -0.15) is 0 Å². The minimum atomic E-state index is -0.892. The zero-order valence-electron chi connectivity index (χ0n) is 15.9. The topological polar surface area (TPSA) is 97.6 Å². The van der Waals surface area contributed by atoms with Crippen LogP contribution in [0.2, 0.25) is 0 Å². The smallest absolute Gasteiger partial charge is 0.329 e. The molecule has 0 spiro atoms. The van der Waals surface area contributed by atoms with Crippen molar-refractivity contribution in [2.24, 2.45) is 5.92 Å². The maximum absolute atomic E-state index is 12.3. The van der Waals surface area contributed by atoms with Crippen molar-refractivity contribution in [1.82, 2.24) is 5.32 Å². The fourth-order valence-corrected chi connectivity index (χ4v) is 2.59. The van der Waals surface area contributed by atoms with Crippen LogP contribution in [-0.4, -0.2) is 30.4 Å². The molecule has 0 aliphatic heterocycles. The summed E-state index contributed by atoms with van der Waals surface area (Å²) in [4.78, 5) is 36.4. The molecule has 0 bridgehead atoms. The lowest BCUT2D eigenvalue weighted by Gasteiger charge is -2.20. The molecule has 1 heterocycles. The quantitative estimate of drug-likeness (QED) is 0.729. The largest absolute Gasteiger partial charge is 0.459 e. The monoisotopic (exact) mass is 372 g/mol. The number of furan rings is 1. The third kappa shape index (κ3) is 5.99. The van der Waals surface area contributed by atoms with Gasteiger partial charge in [0.05, 0.1) is 6.26 Å². The molecular weight excluding hydrogens is 348 g/mol. The Morgan fingerprint density at radius 1 is 1.11 bits per heavy atom. The van der Waals surface area contributed by atoms with E-state index in [4.69, 9.17) is 9.15 Å². The molecule has 1 aromatic carbocycles. The van der Waals surface area contributed by atoms with Gasteiger partial charge in [0.1, 0.15) is 6.04 Å². The lowest BCUT2D eigenvalue weighted by atomic mass is 10.0. The molecule has 27 heavy (non-hydrogen) atoms. The first-order valence-electron chi connectivity index (χ1n) is 8.65. The minimum Gasteiger partial charge on any atom is -0.459 e. The van der Waals surface area contributed by atoms with E-state index in [0.717, 1.165) is 11.1 Å². The predicted molar refractivity (Wildman–Crippen MR) is 100 cm³/mol. The van der Waals surface area contributed by atoms with E-state index in [9.17, 15) is 14.4 Å². The van der Waals surface area contributed by atoms with Gasteiger partial charge in [-0.3, -0.25) is 9.59 Å². The van der Waals surface area contributed by atoms with Gasteiger partial charge in [0.15, 0.2) is 12.4 Å². The Hall–Kier alpha value is -3.09. The highest BCUT2D eigenvalue weighted by atomic mass is 16.5. The minimum absolute atomic E-state index is 0.0982. The molecule has 0 saturated carbocycles. The van der Waals surface area contributed by atoms with Gasteiger partial charge in [0, 0.05) is 5.69 Å². The average molecular weight is 372 g/mol. The third-order valence-electron chi connectivity index (χ3n) is 3.80. The molecule has 0 fully saturated rings. The number of carbonyl (C=O) groups is 3. The van der Waals surface area contributed by atoms with E-state index in [0.29, 0.717) is 5.69 Å². The molecule has 0 radical (unpaired) electrons. The molecule has 7 heteroatoms. The average Bonchev–Trinajstić information content (AvgIpc) is 3.10. The van der Waals surface area contributed by atoms with Gasteiger partial charge in [-0.25, -0.2) is 4.79 Å². The van der Waals surface area contributed by atoms with Gasteiger partial charge in [0.25, 0.3) is 11.8 Å². The number of hydrogen-bond acceptors (Lipinski definition) is 5. The van der Waals surface area contributed by atoms with Crippen LogP contribution in [0.5, 0.6) is 0 Å². The van der Waals surface area contributed by atoms with Gasteiger partial charge < -0.3 is 19.8 Å². The predicted octanol–water partition coefficient (Wildman–Crippen LogP) is 2.83. The number of aryl methyl sites for hydroxylation is 2. The summed E-state index contributed by atoms with van der Waals surface area (Å²) in [6.07, 6.45) is 1.37. The third-order valence-corrected chi connectivity index (χ3v) is 3.80. The van der Waals surface area contributed by atoms with Crippen molar-refractivity contribution < 1.29 is 23.5 Å². The maximum Gasteiger partial charge on any atom is 0.329 e. The SMILES string of the molecule is Cc1cc(C)cc(NC(=O)COC(=O)C(NC(=O)c2ccco2)C(C)C)c1. The van der Waals surface area contributed by atoms with Crippen LogP contribution >= 0.6 is 0 Å². The summed E-state index contributed by atoms with van der Waals surface area (Å²) in [7, 11) is 0. The summed E-state index contributed by atoms with van der Waals surface area (Å²) in [5, 5.41) is 5.26. The highest BCUT2D eigenvalue weighted by molar-refractivity contribution is 5.96. The Morgan fingerprint density at radius 2 is 1.78 bits per heavy atom. The molecule has 2 N–H and O–H groups in total. The van der Waals surface area contributed by atoms with Gasteiger partial charge in [-0.05, 0) is 55.2 Å². The summed E-state index contributed by atoms with van der Waals surface area (Å²) >= 11 is 0. The normalized spacial score (nSPS) is 11.7. The molecule has 0 aliphatic carbocycles. The van der Waals surface area contributed by atoms with Crippen LogP contribution in [-0.2, 0) is 14.3 Å². The standard InChI is InChI=1S/C20H24N2O5/c1-12(2)18(22-19(24)16-6-5-7-26-16)20(25)27-11-17(23)21-15-9-13(3)8-14(4)10-15/h5-10,12,18H,11H2,1-4H3,(H,21,23)(H,22,24). The van der Waals surface area contributed by atoms with Crippen LogP contribution < -0.4 is 10.6 Å². The van der Waals surface area contributed by atoms with Crippen molar-refractivity contribution in [3.8, 4) is 0 Å². The molecule has 2 aromatic rings. The number of benzene rings is 1. The number of anilines is 1. The van der Waals surface area contributed by atoms with Crippen LogP contribution in [0.3, 0.4) is 0 Å². The van der Waals surface area contributed by atoms with Crippen LogP contribution in [0.4, 0.5) is 5.69 Å². The summed E-state index contributed by atoms with van der Waals surface area (Å²) < 4.78 is 10.1. The molecule has 1 atom stereocenters. The lowest BCUT2D eigenvalue weighted by Crippen LogP contribution is -2.45. The zero-order chi connectivity index (χ0) is 20.0. The van der Waals surface area contributed by atoms with E-state index < -0.39 is 30.4 Å². The molecule has 1 aromatic heterocycles. The van der Waals surface area contributed by atoms with Gasteiger partial charge in [-0.1, -0.05) is 19.9 Å². The molecule has 0 saturated heterocycles. The van der Waals surface area contributed by atoms with Gasteiger partial charge in [0.2, 0.25) is 0 Å². The Labute approximate surface area is 158 Å². The van der Waals surface area contributed by atoms with Crippen molar-refractivity contribution in [3.63, 3.8) is 0 Å². The molecule has 1 unspecified atom stereocenters. The summed E-state index contributed by atoms with van der Waals surface area (Å²) in [5.74, 6) is -1.77. The van der Waals surface area contributed by atoms with E-state index >= 15 is 0 Å². The highest BCUT2D eigenvalue weighted by Gasteiger charge is 2.27. The summed E-state index contributed by atoms with van der Waals surface area (Å²) in [6, 6.07) is 7.83. The van der Waals surface area contributed by atoms with E-state index in [1.165, 1.54) is 12.3 Å². The summed E-state index contributed by atoms with van der Waals surface area (Å²) in [5.41, 5.74) is 2.67. The number of esters is 1. The van der Waals surface area contributed by atoms with Crippen LogP contribution in [0.15, 0.2) is 41.0 Å². The van der Waals surface area contributed by atoms with E-state index in [1.807, 2.05) is 32.0 Å². The zero-order valence-corrected chi connectivity index (χ0v) is 15.9. The van der Waals surface area contributed by atoms with E-state index in [2.05, 4.69) is 10.6 Å². The van der Waals surface area contributed by atoms with Crippen LogP contribution in [0, 0.1) is 19.8 Å². The van der Waals surface area contributed by atoms with Crippen molar-refractivity contribution in [2.45, 2.75) is 33.7 Å². The molecular formula is C20H24N2O5. The Balaban J connectivity index is 1.91. The van der Waals surface area contributed by atoms with Crippen molar-refractivity contribution in [2.75, 3.05) is 11.9 Å². The lowest BCUT2D eigenvalue weighted by molar-refractivity contribution is -0.150. The first-order chi connectivity index (χ1) is 12.8. The highest BCUT2D eigenvalue weighted by Crippen LogP contribution is 2.14. The molecule has 7 nitrogen and oxygen atoms in total. The maximum atomic E-state index is 12.3. The number of rotatable bonds is 7. The first kappa shape index (κ1) is 20.2. The fourth-order valence-electron chi connectivity index (χ4n) is 2.59. The van der Waals surface area contributed by atoms with Crippen molar-refractivity contribution >= 4 is 23.5 Å². The Kier molecular flexibility index (Phi) is 6.76. The molecule has 0 aliphatic rings. The number of carbonyl (C=O) groups excluding carboxylic acids is 3. The van der Waals surface area contributed by atoms with Gasteiger partial charge in [-0.15, -0.1) is 0 Å². The second-order valence-electron chi connectivity index (χ2n) is 6.70. The fraction of sp³-hybridized carbons (Fsp3) is 0.350. The Bertz CT molecular complexity index is 792. The van der Waals surface area contributed by atoms with Crippen molar-refractivity contribution in [3.05, 3.63) is 53.5 Å². The van der Waals surface area contributed by atoms with E-state index in [1.54, 1.807) is 19.9 Å². The molecule has 144 valence electrons. The van der Waals surface area contributed by atoms with E-state index in [-0.39, 0.29) is 11.7 Å². The number of ether oxygens (including phenoxy) is 1. The second-order valence-corrected chi connectivity index (χ2v) is 6.70. The van der Waals surface area contributed by atoms with Crippen molar-refractivity contribution in [1.29, 1.82) is 0 Å². The first-order valence-corrected chi connectivity index (χ1v) is 8.65. The molecule has 2 rings (SSSR count). The van der Waals surface area contributed by atoms with Crippen LogP contribution in [0.25, 0.3) is 0 Å². The van der Waals surface area contributed by atoms with Gasteiger partial charge >= 0.3 is 5.97 Å². The number of nitrogens with one attached hydrogen (secondary N) is 2. The second kappa shape index (κ2) is 9.02.